The molecule has 0 aromatic heterocycles. The van der Waals surface area contributed by atoms with E-state index in [2.05, 4.69) is 33.0 Å². The first-order chi connectivity index (χ1) is 8.66. The lowest BCUT2D eigenvalue weighted by Crippen LogP contribution is -2.23. The Hall–Kier alpha value is -0.0800. The lowest BCUT2D eigenvalue weighted by molar-refractivity contribution is 0.0604. The molecule has 1 unspecified atom stereocenters. The van der Waals surface area contributed by atoms with Gasteiger partial charge in [-0.15, -0.1) is 0 Å². The van der Waals surface area contributed by atoms with Gasteiger partial charge in [0.05, 0.1) is 12.7 Å². The number of hydrogen-bond acceptors (Lipinski definition) is 2. The van der Waals surface area contributed by atoms with Gasteiger partial charge in [-0.2, -0.15) is 0 Å². The Morgan fingerprint density at radius 2 is 1.67 bits per heavy atom. The van der Waals surface area contributed by atoms with Gasteiger partial charge in [0.25, 0.3) is 0 Å². The lowest BCUT2D eigenvalue weighted by atomic mass is 10.1. The van der Waals surface area contributed by atoms with E-state index in [0.717, 1.165) is 25.6 Å². The molecule has 0 heterocycles. The van der Waals surface area contributed by atoms with Crippen LogP contribution >= 0.6 is 0 Å². The van der Waals surface area contributed by atoms with Crippen LogP contribution in [-0.2, 0) is 4.74 Å². The molecule has 18 heavy (non-hydrogen) atoms. The number of ether oxygens (including phenoxy) is 1. The zero-order valence-corrected chi connectivity index (χ0v) is 13.1. The fourth-order valence-corrected chi connectivity index (χ4v) is 2.03. The first kappa shape index (κ1) is 17.9. The van der Waals surface area contributed by atoms with Gasteiger partial charge in [0, 0.05) is 6.54 Å². The standard InChI is InChI=1S/C16H35NO/c1-5-6-7-8-11-16(4)18-14-13-17-12-9-10-15(2)3/h15-17H,5-14H2,1-4H3. The first-order valence-corrected chi connectivity index (χ1v) is 7.99. The zero-order valence-electron chi connectivity index (χ0n) is 13.1. The molecule has 0 fully saturated rings. The summed E-state index contributed by atoms with van der Waals surface area (Å²) in [7, 11) is 0. The van der Waals surface area contributed by atoms with Crippen LogP contribution in [0.4, 0.5) is 0 Å². The second-order valence-electron chi connectivity index (χ2n) is 5.82. The molecule has 110 valence electrons. The molecule has 0 aromatic rings. The third-order valence-electron chi connectivity index (χ3n) is 3.28. The van der Waals surface area contributed by atoms with Gasteiger partial charge in [-0.3, -0.25) is 0 Å². The molecule has 0 rings (SSSR count). The molecule has 0 aromatic carbocycles. The van der Waals surface area contributed by atoms with Crippen LogP contribution in [0.1, 0.15) is 72.6 Å². The minimum atomic E-state index is 0.430. The minimum Gasteiger partial charge on any atom is -0.377 e. The van der Waals surface area contributed by atoms with Crippen molar-refractivity contribution in [3.63, 3.8) is 0 Å². The molecule has 0 bridgehead atoms. The van der Waals surface area contributed by atoms with Gasteiger partial charge in [0.2, 0.25) is 0 Å². The van der Waals surface area contributed by atoms with Crippen molar-refractivity contribution in [2.45, 2.75) is 78.7 Å². The van der Waals surface area contributed by atoms with Crippen molar-refractivity contribution in [3.8, 4) is 0 Å². The average Bonchev–Trinajstić information content (AvgIpc) is 2.33. The smallest absolute Gasteiger partial charge is 0.0594 e. The van der Waals surface area contributed by atoms with Gasteiger partial charge in [-0.25, -0.2) is 0 Å². The quantitative estimate of drug-likeness (QED) is 0.494. The van der Waals surface area contributed by atoms with Gasteiger partial charge < -0.3 is 10.1 Å². The number of hydrogen-bond donors (Lipinski definition) is 1. The Morgan fingerprint density at radius 3 is 2.33 bits per heavy atom. The highest BCUT2D eigenvalue weighted by Crippen LogP contribution is 2.07. The van der Waals surface area contributed by atoms with E-state index < -0.39 is 0 Å². The maximum Gasteiger partial charge on any atom is 0.0594 e. The van der Waals surface area contributed by atoms with E-state index in [1.807, 2.05) is 0 Å². The van der Waals surface area contributed by atoms with Crippen LogP contribution in [0.5, 0.6) is 0 Å². The molecule has 2 heteroatoms. The fourth-order valence-electron chi connectivity index (χ4n) is 2.03. The highest BCUT2D eigenvalue weighted by molar-refractivity contribution is 4.54. The average molecular weight is 257 g/mol. The topological polar surface area (TPSA) is 21.3 Å². The van der Waals surface area contributed by atoms with Crippen molar-refractivity contribution >= 4 is 0 Å². The Morgan fingerprint density at radius 1 is 0.889 bits per heavy atom. The minimum absolute atomic E-state index is 0.430. The Kier molecular flexibility index (Phi) is 13.3. The van der Waals surface area contributed by atoms with Crippen molar-refractivity contribution in [1.29, 1.82) is 0 Å². The van der Waals surface area contributed by atoms with Crippen LogP contribution in [0.3, 0.4) is 0 Å². The summed E-state index contributed by atoms with van der Waals surface area (Å²) in [6.07, 6.45) is 9.60. The van der Waals surface area contributed by atoms with Crippen molar-refractivity contribution in [3.05, 3.63) is 0 Å². The monoisotopic (exact) mass is 257 g/mol. The molecule has 0 aliphatic carbocycles. The number of unbranched alkanes of at least 4 members (excludes halogenated alkanes) is 3. The summed E-state index contributed by atoms with van der Waals surface area (Å²) in [5.41, 5.74) is 0. The molecular formula is C16H35NO. The third kappa shape index (κ3) is 14.0. The van der Waals surface area contributed by atoms with Crippen LogP contribution in [0.2, 0.25) is 0 Å². The largest absolute Gasteiger partial charge is 0.377 e. The molecule has 0 amide bonds. The van der Waals surface area contributed by atoms with Crippen LogP contribution < -0.4 is 5.32 Å². The predicted molar refractivity (Wildman–Crippen MR) is 81.1 cm³/mol. The van der Waals surface area contributed by atoms with E-state index in [9.17, 15) is 0 Å². The molecule has 0 spiro atoms. The highest BCUT2D eigenvalue weighted by Gasteiger charge is 2.01. The molecule has 0 aliphatic rings. The van der Waals surface area contributed by atoms with Crippen molar-refractivity contribution in [2.75, 3.05) is 19.7 Å². The summed E-state index contributed by atoms with van der Waals surface area (Å²) >= 11 is 0. The Bertz CT molecular complexity index is 159. The van der Waals surface area contributed by atoms with Gasteiger partial charge >= 0.3 is 0 Å². The summed E-state index contributed by atoms with van der Waals surface area (Å²) in [6, 6.07) is 0. The number of nitrogens with one attached hydrogen (secondary N) is 1. The van der Waals surface area contributed by atoms with Gasteiger partial charge in [0.1, 0.15) is 0 Å². The van der Waals surface area contributed by atoms with E-state index >= 15 is 0 Å². The SMILES string of the molecule is CCCCCCC(C)OCCNCCCC(C)C. The zero-order chi connectivity index (χ0) is 13.6. The van der Waals surface area contributed by atoms with Crippen molar-refractivity contribution in [1.82, 2.24) is 5.32 Å². The summed E-state index contributed by atoms with van der Waals surface area (Å²) in [5.74, 6) is 0.825. The van der Waals surface area contributed by atoms with E-state index in [1.54, 1.807) is 0 Å². The second kappa shape index (κ2) is 13.4. The third-order valence-corrected chi connectivity index (χ3v) is 3.28. The molecule has 1 atom stereocenters. The van der Waals surface area contributed by atoms with Crippen LogP contribution in [-0.4, -0.2) is 25.8 Å². The molecule has 0 saturated carbocycles. The molecule has 0 saturated heterocycles. The van der Waals surface area contributed by atoms with Gasteiger partial charge in [-0.1, -0.05) is 46.5 Å². The fraction of sp³-hybridized carbons (Fsp3) is 1.00. The molecule has 1 N–H and O–H groups in total. The normalized spacial score (nSPS) is 13.2. The predicted octanol–water partition coefficient (Wildman–Crippen LogP) is 4.39. The van der Waals surface area contributed by atoms with E-state index in [4.69, 9.17) is 4.74 Å². The van der Waals surface area contributed by atoms with Crippen molar-refractivity contribution in [2.24, 2.45) is 5.92 Å². The molecular weight excluding hydrogens is 222 g/mol. The summed E-state index contributed by atoms with van der Waals surface area (Å²) in [4.78, 5) is 0. The molecule has 0 radical (unpaired) electrons. The van der Waals surface area contributed by atoms with Gasteiger partial charge in [0.15, 0.2) is 0 Å². The van der Waals surface area contributed by atoms with Gasteiger partial charge in [-0.05, 0) is 38.6 Å². The van der Waals surface area contributed by atoms with Crippen LogP contribution in [0, 0.1) is 5.92 Å². The van der Waals surface area contributed by atoms with E-state index in [1.165, 1.54) is 44.9 Å². The molecule has 2 nitrogen and oxygen atoms in total. The summed E-state index contributed by atoms with van der Waals surface area (Å²) in [6.45, 7) is 12.0. The van der Waals surface area contributed by atoms with Crippen LogP contribution in [0.15, 0.2) is 0 Å². The van der Waals surface area contributed by atoms with E-state index in [-0.39, 0.29) is 0 Å². The maximum absolute atomic E-state index is 5.79. The van der Waals surface area contributed by atoms with E-state index in [0.29, 0.717) is 6.10 Å². The lowest BCUT2D eigenvalue weighted by Gasteiger charge is -2.13. The molecule has 0 aliphatic heterocycles. The Labute approximate surface area is 115 Å². The summed E-state index contributed by atoms with van der Waals surface area (Å²) < 4.78 is 5.79. The number of rotatable bonds is 13. The van der Waals surface area contributed by atoms with Crippen LogP contribution in [0.25, 0.3) is 0 Å². The first-order valence-electron chi connectivity index (χ1n) is 7.99. The Balaban J connectivity index is 3.12. The highest BCUT2D eigenvalue weighted by atomic mass is 16.5. The van der Waals surface area contributed by atoms with Crippen molar-refractivity contribution < 1.29 is 4.74 Å². The maximum atomic E-state index is 5.79. The summed E-state index contributed by atoms with van der Waals surface area (Å²) in [5, 5.41) is 3.45. The second-order valence-corrected chi connectivity index (χ2v) is 5.82.